The average molecular weight is 313 g/mol. The Labute approximate surface area is 137 Å². The lowest BCUT2D eigenvalue weighted by atomic mass is 10.0. The number of amides is 1. The van der Waals surface area contributed by atoms with Gasteiger partial charge in [0.05, 0.1) is 23.8 Å². The number of carbonyl (C=O) groups is 1. The number of carbonyl (C=O) groups excluding carboxylic acids is 1. The zero-order valence-corrected chi connectivity index (χ0v) is 13.5. The molecule has 0 radical (unpaired) electrons. The van der Waals surface area contributed by atoms with Gasteiger partial charge in [0.2, 0.25) is 5.91 Å². The van der Waals surface area contributed by atoms with Crippen LogP contribution in [-0.4, -0.2) is 48.2 Å². The smallest absolute Gasteiger partial charge is 0.244 e. The first-order valence-electron chi connectivity index (χ1n) is 8.30. The van der Waals surface area contributed by atoms with Crippen LogP contribution in [0.25, 0.3) is 0 Å². The van der Waals surface area contributed by atoms with E-state index in [-0.39, 0.29) is 18.1 Å². The Morgan fingerprint density at radius 3 is 2.65 bits per heavy atom. The van der Waals surface area contributed by atoms with Gasteiger partial charge >= 0.3 is 0 Å². The second-order valence-corrected chi connectivity index (χ2v) is 6.65. The van der Waals surface area contributed by atoms with Crippen LogP contribution in [0, 0.1) is 17.2 Å². The molecule has 2 atom stereocenters. The molecule has 1 aliphatic heterocycles. The van der Waals surface area contributed by atoms with Gasteiger partial charge in [0, 0.05) is 18.8 Å². The summed E-state index contributed by atoms with van der Waals surface area (Å²) in [6.45, 7) is 1.27. The van der Waals surface area contributed by atoms with Gasteiger partial charge in [-0.15, -0.1) is 0 Å². The molecule has 1 saturated carbocycles. The third kappa shape index (κ3) is 3.54. The summed E-state index contributed by atoms with van der Waals surface area (Å²) < 4.78 is 0. The molecule has 1 amide bonds. The van der Waals surface area contributed by atoms with Gasteiger partial charge in [0.15, 0.2) is 0 Å². The molecule has 1 aliphatic carbocycles. The minimum atomic E-state index is -0.321. The highest BCUT2D eigenvalue weighted by Gasteiger charge is 2.36. The molecular weight excluding hydrogens is 290 g/mol. The summed E-state index contributed by atoms with van der Waals surface area (Å²) in [4.78, 5) is 16.6. The molecule has 1 N–H and O–H groups in total. The number of nitrogens with zero attached hydrogens (tertiary/aromatic N) is 3. The first-order valence-corrected chi connectivity index (χ1v) is 8.30. The van der Waals surface area contributed by atoms with Crippen molar-refractivity contribution in [2.24, 2.45) is 5.92 Å². The molecule has 0 spiro atoms. The fraction of sp³-hybridized carbons (Fsp3) is 0.556. The highest BCUT2D eigenvalue weighted by atomic mass is 16.3. The molecule has 122 valence electrons. The third-order valence-electron chi connectivity index (χ3n) is 4.89. The molecule has 1 aromatic rings. The maximum atomic E-state index is 12.8. The number of rotatable bonds is 5. The Bertz CT molecular complexity index is 604. The molecule has 3 rings (SSSR count). The van der Waals surface area contributed by atoms with E-state index in [1.807, 2.05) is 24.1 Å². The SMILES string of the molecule is CN(CC(O)C1CC1)C1CCCN(c2ccc(C#N)cc2)C1=O. The number of aliphatic hydroxyl groups excluding tert-OH is 1. The highest BCUT2D eigenvalue weighted by Crippen LogP contribution is 2.33. The Morgan fingerprint density at radius 1 is 1.35 bits per heavy atom. The molecule has 0 bridgehead atoms. The lowest BCUT2D eigenvalue weighted by molar-refractivity contribution is -0.125. The van der Waals surface area contributed by atoms with Crippen LogP contribution >= 0.6 is 0 Å². The van der Waals surface area contributed by atoms with Crippen LogP contribution in [0.15, 0.2) is 24.3 Å². The molecule has 23 heavy (non-hydrogen) atoms. The number of benzene rings is 1. The highest BCUT2D eigenvalue weighted by molar-refractivity contribution is 5.97. The van der Waals surface area contributed by atoms with E-state index in [4.69, 9.17) is 5.26 Å². The van der Waals surface area contributed by atoms with Crippen LogP contribution < -0.4 is 4.90 Å². The van der Waals surface area contributed by atoms with Gasteiger partial charge in [0.1, 0.15) is 0 Å². The number of nitriles is 1. The van der Waals surface area contributed by atoms with Crippen molar-refractivity contribution >= 4 is 11.6 Å². The first kappa shape index (κ1) is 16.0. The molecule has 5 nitrogen and oxygen atoms in total. The number of anilines is 1. The minimum absolute atomic E-state index is 0.0893. The van der Waals surface area contributed by atoms with Crippen LogP contribution in [0.4, 0.5) is 5.69 Å². The minimum Gasteiger partial charge on any atom is -0.392 e. The van der Waals surface area contributed by atoms with Crippen LogP contribution in [-0.2, 0) is 4.79 Å². The van der Waals surface area contributed by atoms with E-state index in [0.717, 1.165) is 31.4 Å². The summed E-state index contributed by atoms with van der Waals surface area (Å²) in [5.41, 5.74) is 1.44. The van der Waals surface area contributed by atoms with Crippen molar-refractivity contribution in [3.05, 3.63) is 29.8 Å². The number of aliphatic hydroxyl groups is 1. The van der Waals surface area contributed by atoms with E-state index in [9.17, 15) is 9.90 Å². The zero-order chi connectivity index (χ0) is 16.4. The number of hydrogen-bond acceptors (Lipinski definition) is 4. The van der Waals surface area contributed by atoms with E-state index < -0.39 is 0 Å². The van der Waals surface area contributed by atoms with Crippen molar-refractivity contribution in [3.8, 4) is 6.07 Å². The van der Waals surface area contributed by atoms with E-state index in [1.54, 1.807) is 17.0 Å². The number of piperidine rings is 1. The Hall–Kier alpha value is -1.90. The fourth-order valence-electron chi connectivity index (χ4n) is 3.29. The van der Waals surface area contributed by atoms with Gasteiger partial charge < -0.3 is 10.0 Å². The monoisotopic (exact) mass is 313 g/mol. The Balaban J connectivity index is 1.68. The summed E-state index contributed by atoms with van der Waals surface area (Å²) in [6.07, 6.45) is 3.66. The zero-order valence-electron chi connectivity index (χ0n) is 13.5. The van der Waals surface area contributed by atoms with Crippen molar-refractivity contribution in [3.63, 3.8) is 0 Å². The first-order chi connectivity index (χ1) is 11.1. The summed E-state index contributed by atoms with van der Waals surface area (Å²) in [5, 5.41) is 19.0. The van der Waals surface area contributed by atoms with Crippen molar-refractivity contribution < 1.29 is 9.90 Å². The molecular formula is C18H23N3O2. The van der Waals surface area contributed by atoms with Crippen molar-refractivity contribution in [1.29, 1.82) is 5.26 Å². The van der Waals surface area contributed by atoms with Crippen molar-refractivity contribution in [1.82, 2.24) is 4.90 Å². The molecule has 2 unspecified atom stereocenters. The third-order valence-corrected chi connectivity index (χ3v) is 4.89. The second-order valence-electron chi connectivity index (χ2n) is 6.65. The standard InChI is InChI=1S/C18H23N3O2/c1-20(12-17(22)14-6-7-14)16-3-2-10-21(18(16)23)15-8-4-13(11-19)5-9-15/h4-5,8-9,14,16-17,22H,2-3,6-7,10,12H2,1H3. The van der Waals surface area contributed by atoms with Gasteiger partial charge in [-0.25, -0.2) is 0 Å². The maximum Gasteiger partial charge on any atom is 0.244 e. The van der Waals surface area contributed by atoms with E-state index in [2.05, 4.69) is 6.07 Å². The van der Waals surface area contributed by atoms with E-state index >= 15 is 0 Å². The molecule has 1 aromatic carbocycles. The number of hydrogen-bond donors (Lipinski definition) is 1. The molecule has 2 aliphatic rings. The van der Waals surface area contributed by atoms with E-state index in [1.165, 1.54) is 0 Å². The van der Waals surface area contributed by atoms with Gasteiger partial charge in [-0.3, -0.25) is 9.69 Å². The van der Waals surface area contributed by atoms with Gasteiger partial charge in [0.25, 0.3) is 0 Å². The summed E-state index contributed by atoms with van der Waals surface area (Å²) in [6, 6.07) is 9.07. The lowest BCUT2D eigenvalue weighted by Crippen LogP contribution is -2.53. The fourth-order valence-corrected chi connectivity index (χ4v) is 3.29. The lowest BCUT2D eigenvalue weighted by Gasteiger charge is -2.37. The molecule has 0 aromatic heterocycles. The van der Waals surface area contributed by atoms with Crippen LogP contribution in [0.3, 0.4) is 0 Å². The normalized spacial score (nSPS) is 23.0. The molecule has 2 fully saturated rings. The van der Waals surface area contributed by atoms with Gasteiger partial charge in [-0.05, 0) is 62.9 Å². The topological polar surface area (TPSA) is 67.6 Å². The largest absolute Gasteiger partial charge is 0.392 e. The van der Waals surface area contributed by atoms with Gasteiger partial charge in [-0.2, -0.15) is 5.26 Å². The Kier molecular flexibility index (Phi) is 4.65. The van der Waals surface area contributed by atoms with Crippen LogP contribution in [0.2, 0.25) is 0 Å². The maximum absolute atomic E-state index is 12.8. The van der Waals surface area contributed by atoms with Crippen LogP contribution in [0.1, 0.15) is 31.2 Å². The van der Waals surface area contributed by atoms with Crippen molar-refractivity contribution in [2.75, 3.05) is 25.0 Å². The Morgan fingerprint density at radius 2 is 2.04 bits per heavy atom. The summed E-state index contributed by atoms with van der Waals surface area (Å²) >= 11 is 0. The molecule has 1 saturated heterocycles. The summed E-state index contributed by atoms with van der Waals surface area (Å²) in [5.74, 6) is 0.511. The average Bonchev–Trinajstić information content (AvgIpc) is 3.40. The predicted octanol–water partition coefficient (Wildman–Crippen LogP) is 1.76. The van der Waals surface area contributed by atoms with Gasteiger partial charge in [-0.1, -0.05) is 0 Å². The predicted molar refractivity (Wildman–Crippen MR) is 87.9 cm³/mol. The molecule has 1 heterocycles. The second kappa shape index (κ2) is 6.69. The quantitative estimate of drug-likeness (QED) is 0.899. The van der Waals surface area contributed by atoms with Crippen LogP contribution in [0.5, 0.6) is 0 Å². The van der Waals surface area contributed by atoms with Crippen molar-refractivity contribution in [2.45, 2.75) is 37.8 Å². The summed E-state index contributed by atoms with van der Waals surface area (Å²) in [7, 11) is 1.93. The molecule has 5 heteroatoms. The number of likely N-dealkylation sites (N-methyl/N-ethyl adjacent to an activating group) is 1. The van der Waals surface area contributed by atoms with E-state index in [0.29, 0.717) is 24.6 Å².